The first-order chi connectivity index (χ1) is 16.4. The molecule has 0 N–H and O–H groups in total. The fraction of sp³-hybridized carbons (Fsp3) is 0.292. The first-order valence-corrected chi connectivity index (χ1v) is 12.5. The summed E-state index contributed by atoms with van der Waals surface area (Å²) in [6.45, 7) is 3.69. The quantitative estimate of drug-likeness (QED) is 0.139. The van der Waals surface area contributed by atoms with Gasteiger partial charge in [-0.15, -0.1) is 0 Å². The number of hydrogen-bond donors (Lipinski definition) is 0. The highest BCUT2D eigenvalue weighted by Gasteiger charge is 2.24. The largest absolute Gasteiger partial charge is 0.482 e. The molecular formula is C24H22Br2N4O4. The maximum atomic E-state index is 13.5. The summed E-state index contributed by atoms with van der Waals surface area (Å²) in [6, 6.07) is 8.43. The lowest BCUT2D eigenvalue weighted by Gasteiger charge is -2.22. The molecule has 0 bridgehead atoms. The number of fused-ring (bicyclic) bond motifs is 1. The maximum Gasteiger partial charge on any atom is 0.312 e. The van der Waals surface area contributed by atoms with Crippen molar-refractivity contribution in [3.05, 3.63) is 83.8 Å². The van der Waals surface area contributed by atoms with Gasteiger partial charge < -0.3 is 4.74 Å². The van der Waals surface area contributed by atoms with Crippen molar-refractivity contribution in [3.63, 3.8) is 0 Å². The first-order valence-electron chi connectivity index (χ1n) is 10.9. The van der Waals surface area contributed by atoms with E-state index in [9.17, 15) is 14.9 Å². The van der Waals surface area contributed by atoms with Crippen LogP contribution in [-0.2, 0) is 0 Å². The molecule has 8 nitrogen and oxygen atoms in total. The monoisotopic (exact) mass is 588 g/mol. The van der Waals surface area contributed by atoms with Gasteiger partial charge in [-0.05, 0) is 37.1 Å². The van der Waals surface area contributed by atoms with Crippen LogP contribution in [0.5, 0.6) is 5.75 Å². The molecule has 4 rings (SSSR count). The maximum absolute atomic E-state index is 13.5. The normalized spacial score (nSPS) is 14.5. The Labute approximate surface area is 212 Å². The van der Waals surface area contributed by atoms with E-state index in [2.05, 4.69) is 43.5 Å². The van der Waals surface area contributed by atoms with Crippen LogP contribution in [0, 0.1) is 10.1 Å². The number of halogens is 2. The van der Waals surface area contributed by atoms with Crippen molar-refractivity contribution in [1.29, 1.82) is 0 Å². The average Bonchev–Trinajstić information content (AvgIpc) is 2.83. The van der Waals surface area contributed by atoms with Crippen molar-refractivity contribution in [3.8, 4) is 5.75 Å². The van der Waals surface area contributed by atoms with E-state index in [1.54, 1.807) is 12.1 Å². The van der Waals surface area contributed by atoms with Crippen LogP contribution in [0.3, 0.4) is 0 Å². The van der Waals surface area contributed by atoms with E-state index in [0.29, 0.717) is 26.8 Å². The molecule has 3 aromatic rings. The van der Waals surface area contributed by atoms with Gasteiger partial charge in [0.15, 0.2) is 0 Å². The van der Waals surface area contributed by atoms with Gasteiger partial charge in [-0.2, -0.15) is 9.78 Å². The molecular weight excluding hydrogens is 568 g/mol. The Kier molecular flexibility index (Phi) is 7.57. The van der Waals surface area contributed by atoms with Gasteiger partial charge in [0.1, 0.15) is 12.4 Å². The molecule has 10 heteroatoms. The number of rotatable bonds is 7. The van der Waals surface area contributed by atoms with E-state index < -0.39 is 4.92 Å². The van der Waals surface area contributed by atoms with Crippen LogP contribution in [0.4, 0.5) is 5.69 Å². The Bertz CT molecular complexity index is 1350. The highest BCUT2D eigenvalue weighted by atomic mass is 79.9. The van der Waals surface area contributed by atoms with Gasteiger partial charge in [0, 0.05) is 26.5 Å². The van der Waals surface area contributed by atoms with E-state index in [0.717, 1.165) is 36.6 Å². The number of benzene rings is 2. The molecule has 1 aromatic heterocycles. The zero-order valence-electron chi connectivity index (χ0n) is 18.2. The summed E-state index contributed by atoms with van der Waals surface area (Å²) in [6.07, 6.45) is 8.08. The summed E-state index contributed by atoms with van der Waals surface area (Å²) in [5.41, 5.74) is 0.478. The van der Waals surface area contributed by atoms with Crippen molar-refractivity contribution < 1.29 is 9.66 Å². The number of nitro benzene ring substituents is 1. The van der Waals surface area contributed by atoms with E-state index >= 15 is 0 Å². The first kappa shape index (κ1) is 24.3. The molecule has 0 unspecified atom stereocenters. The number of nitrogens with zero attached hydrogens (tertiary/aromatic N) is 4. The van der Waals surface area contributed by atoms with Crippen LogP contribution in [0.2, 0.25) is 0 Å². The second kappa shape index (κ2) is 10.6. The van der Waals surface area contributed by atoms with Crippen molar-refractivity contribution in [1.82, 2.24) is 9.66 Å². The van der Waals surface area contributed by atoms with Gasteiger partial charge in [0.05, 0.1) is 22.0 Å². The predicted molar refractivity (Wildman–Crippen MR) is 139 cm³/mol. The third-order valence-electron chi connectivity index (χ3n) is 5.72. The molecule has 1 heterocycles. The Morgan fingerprint density at radius 2 is 1.97 bits per heavy atom. The van der Waals surface area contributed by atoms with Gasteiger partial charge in [-0.1, -0.05) is 63.8 Å². The fourth-order valence-electron chi connectivity index (χ4n) is 4.15. The standard InChI is InChI=1S/C24H22Br2N4O4/c1-2-10-34-22-16(11-18(26)13-21(22)30(32)33)14-27-29-23(15-6-4-3-5-7-15)28-20-9-8-17(25)12-19(20)24(29)31/h2,8-9,11-15H,1,3-7,10H2. The molecule has 1 aliphatic rings. The Hall–Kier alpha value is -2.85. The number of hydrogen-bond acceptors (Lipinski definition) is 6. The zero-order valence-corrected chi connectivity index (χ0v) is 21.4. The lowest BCUT2D eigenvalue weighted by molar-refractivity contribution is -0.385. The fourth-order valence-corrected chi connectivity index (χ4v) is 4.98. The molecule has 1 saturated carbocycles. The molecule has 0 radical (unpaired) electrons. The summed E-state index contributed by atoms with van der Waals surface area (Å²) in [5.74, 6) is 0.773. The molecule has 0 amide bonds. The van der Waals surface area contributed by atoms with Crippen LogP contribution in [0.1, 0.15) is 49.4 Å². The van der Waals surface area contributed by atoms with Gasteiger partial charge in [0.2, 0.25) is 5.75 Å². The molecule has 2 aromatic carbocycles. The van der Waals surface area contributed by atoms with E-state index in [-0.39, 0.29) is 29.5 Å². The second-order valence-corrected chi connectivity index (χ2v) is 9.86. The van der Waals surface area contributed by atoms with E-state index in [1.165, 1.54) is 23.0 Å². The van der Waals surface area contributed by atoms with Gasteiger partial charge in [0.25, 0.3) is 5.56 Å². The minimum Gasteiger partial charge on any atom is -0.482 e. The van der Waals surface area contributed by atoms with Crippen molar-refractivity contribution in [2.75, 3.05) is 6.61 Å². The Balaban J connectivity index is 1.89. The highest BCUT2D eigenvalue weighted by molar-refractivity contribution is 9.10. The lowest BCUT2D eigenvalue weighted by atomic mass is 9.88. The van der Waals surface area contributed by atoms with Crippen molar-refractivity contribution in [2.24, 2.45) is 5.10 Å². The summed E-state index contributed by atoms with van der Waals surface area (Å²) < 4.78 is 8.19. The average molecular weight is 590 g/mol. The summed E-state index contributed by atoms with van der Waals surface area (Å²) in [4.78, 5) is 29.4. The predicted octanol–water partition coefficient (Wildman–Crippen LogP) is 6.32. The van der Waals surface area contributed by atoms with Crippen molar-refractivity contribution in [2.45, 2.75) is 38.0 Å². The van der Waals surface area contributed by atoms with Crippen molar-refractivity contribution >= 4 is 54.7 Å². The molecule has 0 saturated heterocycles. The highest BCUT2D eigenvalue weighted by Crippen LogP contribution is 2.35. The Morgan fingerprint density at radius 1 is 1.21 bits per heavy atom. The van der Waals surface area contributed by atoms with Crippen LogP contribution in [-0.4, -0.2) is 27.4 Å². The molecule has 0 atom stereocenters. The topological polar surface area (TPSA) is 99.6 Å². The molecule has 1 fully saturated rings. The van der Waals surface area contributed by atoms with Gasteiger partial charge in [-0.3, -0.25) is 14.9 Å². The van der Waals surface area contributed by atoms with Crippen LogP contribution >= 0.6 is 31.9 Å². The summed E-state index contributed by atoms with van der Waals surface area (Å²) in [7, 11) is 0. The zero-order chi connectivity index (χ0) is 24.2. The van der Waals surface area contributed by atoms with Crippen LogP contribution < -0.4 is 10.3 Å². The van der Waals surface area contributed by atoms with Crippen LogP contribution in [0.25, 0.3) is 10.9 Å². The van der Waals surface area contributed by atoms with Gasteiger partial charge >= 0.3 is 5.69 Å². The minimum absolute atomic E-state index is 0.0561. The molecule has 0 spiro atoms. The van der Waals surface area contributed by atoms with Crippen LogP contribution in [0.15, 0.2) is 61.8 Å². The second-order valence-electron chi connectivity index (χ2n) is 8.03. The molecule has 1 aliphatic carbocycles. The third kappa shape index (κ3) is 5.12. The lowest BCUT2D eigenvalue weighted by Crippen LogP contribution is -2.25. The van der Waals surface area contributed by atoms with Gasteiger partial charge in [-0.25, -0.2) is 4.98 Å². The summed E-state index contributed by atoms with van der Waals surface area (Å²) >= 11 is 6.73. The van der Waals surface area contributed by atoms with E-state index in [4.69, 9.17) is 9.72 Å². The minimum atomic E-state index is -0.519. The Morgan fingerprint density at radius 3 is 2.68 bits per heavy atom. The van der Waals surface area contributed by atoms with E-state index in [1.807, 2.05) is 12.1 Å². The molecule has 34 heavy (non-hydrogen) atoms. The SMILES string of the molecule is C=CCOc1c(C=Nn2c(C3CCCCC3)nc3ccc(Br)cc3c2=O)cc(Br)cc1[N+](=O)[O-]. The third-order valence-corrected chi connectivity index (χ3v) is 6.67. The molecule has 0 aliphatic heterocycles. The number of ether oxygens (including phenoxy) is 1. The number of nitro groups is 1. The smallest absolute Gasteiger partial charge is 0.312 e. The number of aromatic nitrogens is 2. The molecule has 176 valence electrons. The summed E-state index contributed by atoms with van der Waals surface area (Å²) in [5, 5.41) is 16.6.